The Labute approximate surface area is 195 Å². The Morgan fingerprint density at radius 2 is 2.00 bits per heavy atom. The third kappa shape index (κ3) is 3.93. The van der Waals surface area contributed by atoms with Crippen LogP contribution in [0.3, 0.4) is 0 Å². The Morgan fingerprint density at radius 1 is 1.21 bits per heavy atom. The van der Waals surface area contributed by atoms with Crippen LogP contribution in [0.4, 0.5) is 0 Å². The smallest absolute Gasteiger partial charge is 0.335 e. The van der Waals surface area contributed by atoms with Gasteiger partial charge in [0.1, 0.15) is 5.75 Å². The van der Waals surface area contributed by atoms with Crippen molar-refractivity contribution in [2.75, 3.05) is 13.7 Å². The molecule has 1 saturated heterocycles. The molecule has 3 aromatic rings. The number of aromatic nitrogens is 1. The zero-order valence-corrected chi connectivity index (χ0v) is 19.9. The first kappa shape index (κ1) is 22.0. The minimum atomic E-state index is -0.798. The minimum Gasteiger partial charge on any atom is -0.496 e. The van der Waals surface area contributed by atoms with E-state index >= 15 is 0 Å². The average molecular weight is 447 g/mol. The standard InChI is InChI=1S/C28H34N2O3/c1-17-11-13-30(16-24-22-10-12-29-27(22)18(2)15-26(24)33-3)25(14-17)21-8-9-23(28(31)32)20-7-5-4-6-19(20)21/h8-10,12,15,17,25,29H,4-7,11,13-14,16H2,1-3H3,(H,31,32). The second-order valence-electron chi connectivity index (χ2n) is 9.93. The maximum Gasteiger partial charge on any atom is 0.335 e. The Hall–Kier alpha value is -2.79. The van der Waals surface area contributed by atoms with Gasteiger partial charge < -0.3 is 14.8 Å². The van der Waals surface area contributed by atoms with Gasteiger partial charge in [-0.3, -0.25) is 4.90 Å². The van der Waals surface area contributed by atoms with Gasteiger partial charge in [0.05, 0.1) is 12.7 Å². The SMILES string of the molecule is COc1cc(C)c2[nH]ccc2c1CN1CCC(C)CC1c1ccc(C(=O)O)c2c1CCCC2. The summed E-state index contributed by atoms with van der Waals surface area (Å²) in [4.78, 5) is 17.9. The van der Waals surface area contributed by atoms with Crippen molar-refractivity contribution >= 4 is 16.9 Å². The number of benzene rings is 2. The fourth-order valence-corrected chi connectivity index (χ4v) is 6.10. The molecular weight excluding hydrogens is 412 g/mol. The van der Waals surface area contributed by atoms with Crippen molar-refractivity contribution in [1.82, 2.24) is 9.88 Å². The van der Waals surface area contributed by atoms with Crippen LogP contribution in [-0.4, -0.2) is 34.6 Å². The fourth-order valence-electron chi connectivity index (χ4n) is 6.10. The predicted octanol–water partition coefficient (Wildman–Crippen LogP) is 6.04. The zero-order chi connectivity index (χ0) is 23.1. The fraction of sp³-hybridized carbons (Fsp3) is 0.464. The molecule has 0 saturated carbocycles. The van der Waals surface area contributed by atoms with Crippen molar-refractivity contribution in [3.8, 4) is 5.75 Å². The highest BCUT2D eigenvalue weighted by molar-refractivity contribution is 5.90. The van der Waals surface area contributed by atoms with Crippen molar-refractivity contribution in [3.05, 3.63) is 63.8 Å². The summed E-state index contributed by atoms with van der Waals surface area (Å²) >= 11 is 0. The number of aromatic amines is 1. The molecule has 0 bridgehead atoms. The number of carboxylic acids is 1. The van der Waals surface area contributed by atoms with Gasteiger partial charge in [-0.2, -0.15) is 0 Å². The Morgan fingerprint density at radius 3 is 2.76 bits per heavy atom. The molecule has 0 amide bonds. The van der Waals surface area contributed by atoms with E-state index in [1.165, 1.54) is 39.6 Å². The lowest BCUT2D eigenvalue weighted by Crippen LogP contribution is -2.36. The number of likely N-dealkylation sites (tertiary alicyclic amines) is 1. The molecule has 5 rings (SSSR count). The summed E-state index contributed by atoms with van der Waals surface area (Å²) in [5.41, 5.74) is 7.82. The monoisotopic (exact) mass is 446 g/mol. The number of hydrogen-bond acceptors (Lipinski definition) is 3. The maximum atomic E-state index is 11.9. The van der Waals surface area contributed by atoms with Gasteiger partial charge in [0.25, 0.3) is 0 Å². The van der Waals surface area contributed by atoms with Gasteiger partial charge in [-0.05, 0) is 98.4 Å². The molecule has 2 unspecified atom stereocenters. The highest BCUT2D eigenvalue weighted by Gasteiger charge is 2.32. The summed E-state index contributed by atoms with van der Waals surface area (Å²) in [5.74, 6) is 0.796. The van der Waals surface area contributed by atoms with Crippen LogP contribution in [-0.2, 0) is 19.4 Å². The number of hydrogen-bond donors (Lipinski definition) is 2. The van der Waals surface area contributed by atoms with E-state index in [4.69, 9.17) is 4.74 Å². The number of aromatic carboxylic acids is 1. The van der Waals surface area contributed by atoms with Gasteiger partial charge in [0, 0.05) is 35.2 Å². The molecule has 5 heteroatoms. The molecule has 174 valence electrons. The van der Waals surface area contributed by atoms with Crippen LogP contribution >= 0.6 is 0 Å². The molecule has 1 fully saturated rings. The zero-order valence-electron chi connectivity index (χ0n) is 19.9. The number of ether oxygens (including phenoxy) is 1. The highest BCUT2D eigenvalue weighted by Crippen LogP contribution is 2.41. The third-order valence-electron chi connectivity index (χ3n) is 7.83. The number of methoxy groups -OCH3 is 1. The van der Waals surface area contributed by atoms with E-state index in [0.29, 0.717) is 17.5 Å². The average Bonchev–Trinajstić information content (AvgIpc) is 3.31. The number of H-pyrrole nitrogens is 1. The molecule has 1 aliphatic carbocycles. The molecule has 5 nitrogen and oxygen atoms in total. The van der Waals surface area contributed by atoms with Crippen LogP contribution in [0.2, 0.25) is 0 Å². The van der Waals surface area contributed by atoms with E-state index in [2.05, 4.69) is 41.9 Å². The lowest BCUT2D eigenvalue weighted by molar-refractivity contribution is 0.0695. The van der Waals surface area contributed by atoms with Gasteiger partial charge in [-0.25, -0.2) is 4.79 Å². The second-order valence-corrected chi connectivity index (χ2v) is 9.93. The number of piperidine rings is 1. The van der Waals surface area contributed by atoms with Crippen LogP contribution < -0.4 is 4.74 Å². The molecule has 2 aliphatic rings. The van der Waals surface area contributed by atoms with Crippen LogP contribution in [0.5, 0.6) is 5.75 Å². The number of nitrogens with zero attached hydrogens (tertiary/aromatic N) is 1. The van der Waals surface area contributed by atoms with Crippen LogP contribution in [0.1, 0.15) is 76.8 Å². The van der Waals surface area contributed by atoms with Gasteiger partial charge >= 0.3 is 5.97 Å². The highest BCUT2D eigenvalue weighted by atomic mass is 16.5. The summed E-state index contributed by atoms with van der Waals surface area (Å²) in [6, 6.07) is 8.56. The van der Waals surface area contributed by atoms with Crippen molar-refractivity contribution in [1.29, 1.82) is 0 Å². The second kappa shape index (κ2) is 8.86. The van der Waals surface area contributed by atoms with E-state index in [9.17, 15) is 9.90 Å². The lowest BCUT2D eigenvalue weighted by atomic mass is 9.79. The largest absolute Gasteiger partial charge is 0.496 e. The number of rotatable bonds is 5. The van der Waals surface area contributed by atoms with Gasteiger partial charge in [-0.1, -0.05) is 13.0 Å². The molecule has 2 aromatic carbocycles. The molecule has 33 heavy (non-hydrogen) atoms. The van der Waals surface area contributed by atoms with Gasteiger partial charge in [-0.15, -0.1) is 0 Å². The molecule has 1 aliphatic heterocycles. The molecule has 2 heterocycles. The van der Waals surface area contributed by atoms with E-state index < -0.39 is 5.97 Å². The summed E-state index contributed by atoms with van der Waals surface area (Å²) in [7, 11) is 1.76. The first-order chi connectivity index (χ1) is 16.0. The Bertz CT molecular complexity index is 1200. The lowest BCUT2D eigenvalue weighted by Gasteiger charge is -2.41. The normalized spacial score (nSPS) is 21.2. The first-order valence-electron chi connectivity index (χ1n) is 12.2. The van der Waals surface area contributed by atoms with Crippen molar-refractivity contribution in [2.24, 2.45) is 5.92 Å². The van der Waals surface area contributed by atoms with E-state index in [1.807, 2.05) is 12.3 Å². The van der Waals surface area contributed by atoms with Crippen LogP contribution in [0.15, 0.2) is 30.5 Å². The minimum absolute atomic E-state index is 0.295. The van der Waals surface area contributed by atoms with E-state index in [1.54, 1.807) is 7.11 Å². The third-order valence-corrected chi connectivity index (χ3v) is 7.83. The summed E-state index contributed by atoms with van der Waals surface area (Å²) in [6.45, 7) is 6.32. The molecule has 0 spiro atoms. The molecular formula is C28H34N2O3. The first-order valence-corrected chi connectivity index (χ1v) is 12.2. The Kier molecular flexibility index (Phi) is 5.92. The predicted molar refractivity (Wildman–Crippen MR) is 131 cm³/mol. The number of carboxylic acid groups (broad SMARTS) is 1. The molecule has 2 atom stereocenters. The van der Waals surface area contributed by atoms with Crippen molar-refractivity contribution < 1.29 is 14.6 Å². The molecule has 2 N–H and O–H groups in total. The number of nitrogens with one attached hydrogen (secondary N) is 1. The van der Waals surface area contributed by atoms with Crippen molar-refractivity contribution in [3.63, 3.8) is 0 Å². The van der Waals surface area contributed by atoms with Crippen LogP contribution in [0, 0.1) is 12.8 Å². The van der Waals surface area contributed by atoms with Crippen LogP contribution in [0.25, 0.3) is 10.9 Å². The number of aryl methyl sites for hydroxylation is 1. The molecule has 0 radical (unpaired) electrons. The topological polar surface area (TPSA) is 65.6 Å². The Balaban J connectivity index is 1.57. The number of fused-ring (bicyclic) bond motifs is 2. The van der Waals surface area contributed by atoms with E-state index in [-0.39, 0.29) is 0 Å². The number of carbonyl (C=O) groups is 1. The summed E-state index contributed by atoms with van der Waals surface area (Å²) in [5, 5.41) is 11.0. The van der Waals surface area contributed by atoms with Gasteiger partial charge in [0.2, 0.25) is 0 Å². The van der Waals surface area contributed by atoms with Gasteiger partial charge in [0.15, 0.2) is 0 Å². The maximum absolute atomic E-state index is 11.9. The quantitative estimate of drug-likeness (QED) is 0.502. The van der Waals surface area contributed by atoms with Crippen molar-refractivity contribution in [2.45, 2.75) is 65.0 Å². The van der Waals surface area contributed by atoms with E-state index in [0.717, 1.165) is 56.5 Å². The molecule has 1 aromatic heterocycles. The summed E-state index contributed by atoms with van der Waals surface area (Å²) < 4.78 is 5.83. The summed E-state index contributed by atoms with van der Waals surface area (Å²) in [6.07, 6.45) is 8.37.